The first-order chi connectivity index (χ1) is 6.16. The number of β-amino-alcohol motifs (C(OH)–C–C–N with tert-alkyl or cyclic N) is 1. The maximum atomic E-state index is 9.79. The molecule has 13 heavy (non-hydrogen) atoms. The van der Waals surface area contributed by atoms with Crippen LogP contribution in [0.15, 0.2) is 12.2 Å². The number of hydrogen-bond acceptors (Lipinski definition) is 2. The van der Waals surface area contributed by atoms with Crippen LogP contribution in [0, 0.1) is 5.41 Å². The Bertz CT molecular complexity index is 225. The summed E-state index contributed by atoms with van der Waals surface area (Å²) in [5.41, 5.74) is 1.48. The van der Waals surface area contributed by atoms with Gasteiger partial charge in [0.15, 0.2) is 0 Å². The first-order valence-corrected chi connectivity index (χ1v) is 5.91. The fourth-order valence-corrected chi connectivity index (χ4v) is 2.36. The van der Waals surface area contributed by atoms with Crippen LogP contribution in [0.1, 0.15) is 12.8 Å². The standard InChI is InChI=1S/C10H16BrNO/c1-8(4-11)5-12-6-9(13)10(7-12)2-3-10/h9,13H,1-7H2. The van der Waals surface area contributed by atoms with Gasteiger partial charge in [0, 0.05) is 30.4 Å². The van der Waals surface area contributed by atoms with E-state index in [1.54, 1.807) is 0 Å². The Morgan fingerprint density at radius 1 is 1.62 bits per heavy atom. The van der Waals surface area contributed by atoms with Crippen molar-refractivity contribution in [2.75, 3.05) is 25.0 Å². The molecule has 0 aromatic heterocycles. The topological polar surface area (TPSA) is 23.5 Å². The van der Waals surface area contributed by atoms with Gasteiger partial charge in [-0.25, -0.2) is 0 Å². The third-order valence-electron chi connectivity index (χ3n) is 3.20. The summed E-state index contributed by atoms with van der Waals surface area (Å²) in [6.07, 6.45) is 2.34. The van der Waals surface area contributed by atoms with Crippen molar-refractivity contribution in [1.29, 1.82) is 0 Å². The fraction of sp³-hybridized carbons (Fsp3) is 0.800. The van der Waals surface area contributed by atoms with Gasteiger partial charge in [0.1, 0.15) is 0 Å². The Balaban J connectivity index is 1.87. The highest BCUT2D eigenvalue weighted by atomic mass is 79.9. The van der Waals surface area contributed by atoms with E-state index in [-0.39, 0.29) is 11.5 Å². The smallest absolute Gasteiger partial charge is 0.0735 e. The van der Waals surface area contributed by atoms with E-state index in [1.165, 1.54) is 18.4 Å². The van der Waals surface area contributed by atoms with Crippen molar-refractivity contribution in [3.8, 4) is 0 Å². The van der Waals surface area contributed by atoms with Crippen LogP contribution in [-0.2, 0) is 0 Å². The SMILES string of the molecule is C=C(CBr)CN1CC(O)C2(CC2)C1. The lowest BCUT2D eigenvalue weighted by molar-refractivity contribution is 0.132. The summed E-state index contributed by atoms with van der Waals surface area (Å²) in [6, 6.07) is 0. The van der Waals surface area contributed by atoms with Crippen LogP contribution in [-0.4, -0.2) is 41.1 Å². The number of nitrogens with zero attached hydrogens (tertiary/aromatic N) is 1. The predicted octanol–water partition coefficient (Wildman–Crippen LogP) is 1.39. The number of aliphatic hydroxyl groups excluding tert-OH is 1. The van der Waals surface area contributed by atoms with Gasteiger partial charge >= 0.3 is 0 Å². The summed E-state index contributed by atoms with van der Waals surface area (Å²) in [5.74, 6) is 0. The molecule has 0 aromatic carbocycles. The van der Waals surface area contributed by atoms with E-state index in [0.717, 1.165) is 25.0 Å². The van der Waals surface area contributed by atoms with E-state index in [4.69, 9.17) is 0 Å². The summed E-state index contributed by atoms with van der Waals surface area (Å²) < 4.78 is 0. The molecule has 1 N–H and O–H groups in total. The van der Waals surface area contributed by atoms with Crippen molar-refractivity contribution < 1.29 is 5.11 Å². The van der Waals surface area contributed by atoms with Crippen LogP contribution in [0.2, 0.25) is 0 Å². The average Bonchev–Trinajstić information content (AvgIpc) is 2.78. The second kappa shape index (κ2) is 3.37. The zero-order valence-electron chi connectivity index (χ0n) is 7.80. The van der Waals surface area contributed by atoms with Crippen LogP contribution < -0.4 is 0 Å². The minimum atomic E-state index is -0.0874. The molecule has 0 bridgehead atoms. The van der Waals surface area contributed by atoms with Gasteiger partial charge < -0.3 is 5.11 Å². The van der Waals surface area contributed by atoms with Crippen LogP contribution in [0.25, 0.3) is 0 Å². The number of alkyl halides is 1. The molecule has 1 unspecified atom stereocenters. The lowest BCUT2D eigenvalue weighted by atomic mass is 10.0. The summed E-state index contributed by atoms with van der Waals surface area (Å²) in [4.78, 5) is 2.32. The van der Waals surface area contributed by atoms with Gasteiger partial charge in [-0.05, 0) is 12.8 Å². The molecule has 1 heterocycles. The number of rotatable bonds is 3. The summed E-state index contributed by atoms with van der Waals surface area (Å²) in [5, 5.41) is 10.7. The molecule has 1 aliphatic carbocycles. The van der Waals surface area contributed by atoms with E-state index < -0.39 is 0 Å². The second-order valence-corrected chi connectivity index (χ2v) is 4.99. The van der Waals surface area contributed by atoms with Crippen LogP contribution in [0.3, 0.4) is 0 Å². The highest BCUT2D eigenvalue weighted by Gasteiger charge is 2.54. The molecule has 2 aliphatic rings. The third-order valence-corrected chi connectivity index (χ3v) is 4.00. The van der Waals surface area contributed by atoms with E-state index in [2.05, 4.69) is 27.4 Å². The molecule has 2 rings (SSSR count). The van der Waals surface area contributed by atoms with E-state index in [0.29, 0.717) is 0 Å². The van der Waals surface area contributed by atoms with Crippen molar-refractivity contribution in [2.45, 2.75) is 18.9 Å². The van der Waals surface area contributed by atoms with Crippen LogP contribution in [0.4, 0.5) is 0 Å². The van der Waals surface area contributed by atoms with Crippen molar-refractivity contribution in [1.82, 2.24) is 4.90 Å². The minimum absolute atomic E-state index is 0.0874. The van der Waals surface area contributed by atoms with Gasteiger partial charge in [-0.1, -0.05) is 28.1 Å². The van der Waals surface area contributed by atoms with Gasteiger partial charge in [-0.15, -0.1) is 0 Å². The lowest BCUT2D eigenvalue weighted by Crippen LogP contribution is -2.24. The predicted molar refractivity (Wildman–Crippen MR) is 57.0 cm³/mol. The Kier molecular flexibility index (Phi) is 2.51. The van der Waals surface area contributed by atoms with Gasteiger partial charge in [0.2, 0.25) is 0 Å². The molecule has 0 amide bonds. The number of likely N-dealkylation sites (tertiary alicyclic amines) is 1. The summed E-state index contributed by atoms with van der Waals surface area (Å²) in [7, 11) is 0. The molecular formula is C10H16BrNO. The maximum Gasteiger partial charge on any atom is 0.0735 e. The van der Waals surface area contributed by atoms with E-state index in [1.807, 2.05) is 0 Å². The Hall–Kier alpha value is 0.140. The van der Waals surface area contributed by atoms with Crippen LogP contribution >= 0.6 is 15.9 Å². The zero-order valence-corrected chi connectivity index (χ0v) is 9.39. The van der Waals surface area contributed by atoms with Crippen molar-refractivity contribution in [3.05, 3.63) is 12.2 Å². The fourth-order valence-electron chi connectivity index (χ4n) is 2.18. The Labute approximate surface area is 87.7 Å². The molecule has 1 atom stereocenters. The molecule has 0 radical (unpaired) electrons. The Morgan fingerprint density at radius 3 is 2.77 bits per heavy atom. The molecular weight excluding hydrogens is 230 g/mol. The first-order valence-electron chi connectivity index (χ1n) is 4.79. The number of hydrogen-bond donors (Lipinski definition) is 1. The zero-order chi connectivity index (χ0) is 9.47. The molecule has 1 spiro atoms. The monoisotopic (exact) mass is 245 g/mol. The average molecular weight is 246 g/mol. The summed E-state index contributed by atoms with van der Waals surface area (Å²) in [6.45, 7) is 6.80. The molecule has 1 saturated carbocycles. The minimum Gasteiger partial charge on any atom is -0.391 e. The van der Waals surface area contributed by atoms with Gasteiger partial charge in [0.25, 0.3) is 0 Å². The largest absolute Gasteiger partial charge is 0.391 e. The molecule has 1 saturated heterocycles. The molecule has 0 aromatic rings. The normalized spacial score (nSPS) is 31.1. The molecule has 2 fully saturated rings. The Morgan fingerprint density at radius 2 is 2.31 bits per heavy atom. The third kappa shape index (κ3) is 1.83. The van der Waals surface area contributed by atoms with Gasteiger partial charge in [-0.3, -0.25) is 4.90 Å². The lowest BCUT2D eigenvalue weighted by Gasteiger charge is -2.15. The van der Waals surface area contributed by atoms with Crippen LogP contribution in [0.5, 0.6) is 0 Å². The van der Waals surface area contributed by atoms with Crippen molar-refractivity contribution in [2.24, 2.45) is 5.41 Å². The first kappa shape index (κ1) is 9.69. The van der Waals surface area contributed by atoms with E-state index >= 15 is 0 Å². The van der Waals surface area contributed by atoms with Crippen molar-refractivity contribution in [3.63, 3.8) is 0 Å². The second-order valence-electron chi connectivity index (χ2n) is 4.43. The molecule has 74 valence electrons. The maximum absolute atomic E-state index is 9.79. The van der Waals surface area contributed by atoms with E-state index in [9.17, 15) is 5.11 Å². The molecule has 1 aliphatic heterocycles. The van der Waals surface area contributed by atoms with Gasteiger partial charge in [0.05, 0.1) is 6.10 Å². The molecule has 2 nitrogen and oxygen atoms in total. The highest BCUT2D eigenvalue weighted by Crippen LogP contribution is 2.52. The highest BCUT2D eigenvalue weighted by molar-refractivity contribution is 9.09. The van der Waals surface area contributed by atoms with Gasteiger partial charge in [-0.2, -0.15) is 0 Å². The number of aliphatic hydroxyl groups is 1. The summed E-state index contributed by atoms with van der Waals surface area (Å²) >= 11 is 3.39. The van der Waals surface area contributed by atoms with Crippen molar-refractivity contribution >= 4 is 15.9 Å². The molecule has 3 heteroatoms. The quantitative estimate of drug-likeness (QED) is 0.601. The number of halogens is 1.